The molecule has 1 aromatic heterocycles. The molecule has 0 bridgehead atoms. The van der Waals surface area contributed by atoms with Crippen LogP contribution in [0.2, 0.25) is 0 Å². The molecule has 14 heavy (non-hydrogen) atoms. The molecule has 1 atom stereocenters. The van der Waals surface area contributed by atoms with E-state index >= 15 is 0 Å². The van der Waals surface area contributed by atoms with Crippen molar-refractivity contribution < 1.29 is 4.74 Å². The summed E-state index contributed by atoms with van der Waals surface area (Å²) in [5, 5.41) is 3.11. The van der Waals surface area contributed by atoms with E-state index in [2.05, 4.69) is 15.3 Å². The zero-order chi connectivity index (χ0) is 10.4. The number of rotatable bonds is 5. The standard InChI is InChI=1S/C9H16N4O/c1-3-14-9-6-11-5-8(13-9)12-7(2)4-10/h5-7H,3-4,10H2,1-2H3,(H,12,13). The SMILES string of the molecule is CCOc1cncc(NC(C)CN)n1. The highest BCUT2D eigenvalue weighted by Crippen LogP contribution is 2.09. The summed E-state index contributed by atoms with van der Waals surface area (Å²) >= 11 is 0. The summed E-state index contributed by atoms with van der Waals surface area (Å²) in [7, 11) is 0. The lowest BCUT2D eigenvalue weighted by atomic mass is 10.3. The molecule has 78 valence electrons. The number of nitrogens with zero attached hydrogens (tertiary/aromatic N) is 2. The van der Waals surface area contributed by atoms with Crippen molar-refractivity contribution >= 4 is 5.82 Å². The minimum atomic E-state index is 0.182. The topological polar surface area (TPSA) is 73.1 Å². The highest BCUT2D eigenvalue weighted by atomic mass is 16.5. The Labute approximate surface area is 83.7 Å². The van der Waals surface area contributed by atoms with Crippen LogP contribution in [0.4, 0.5) is 5.82 Å². The van der Waals surface area contributed by atoms with Gasteiger partial charge in [-0.3, -0.25) is 4.98 Å². The Bertz CT molecular complexity index is 279. The molecule has 5 nitrogen and oxygen atoms in total. The van der Waals surface area contributed by atoms with E-state index in [0.717, 1.165) is 0 Å². The maximum atomic E-state index is 5.47. The predicted molar refractivity (Wildman–Crippen MR) is 55.3 cm³/mol. The van der Waals surface area contributed by atoms with Crippen LogP contribution in [0.3, 0.4) is 0 Å². The van der Waals surface area contributed by atoms with Crippen LogP contribution >= 0.6 is 0 Å². The summed E-state index contributed by atoms with van der Waals surface area (Å²) in [6, 6.07) is 0.182. The van der Waals surface area contributed by atoms with E-state index in [9.17, 15) is 0 Å². The Morgan fingerprint density at radius 3 is 3.00 bits per heavy atom. The molecule has 0 aromatic carbocycles. The van der Waals surface area contributed by atoms with Gasteiger partial charge in [0.1, 0.15) is 5.82 Å². The third-order valence-electron chi connectivity index (χ3n) is 1.65. The van der Waals surface area contributed by atoms with Gasteiger partial charge in [-0.25, -0.2) is 0 Å². The van der Waals surface area contributed by atoms with Crippen LogP contribution in [0.1, 0.15) is 13.8 Å². The van der Waals surface area contributed by atoms with Crippen LogP contribution in [-0.4, -0.2) is 29.2 Å². The molecule has 0 saturated heterocycles. The molecular weight excluding hydrogens is 180 g/mol. The number of hydrogen-bond acceptors (Lipinski definition) is 5. The first kappa shape index (κ1) is 10.7. The van der Waals surface area contributed by atoms with Gasteiger partial charge in [-0.15, -0.1) is 0 Å². The van der Waals surface area contributed by atoms with Crippen LogP contribution in [0, 0.1) is 0 Å². The minimum absolute atomic E-state index is 0.182. The molecule has 1 aromatic rings. The van der Waals surface area contributed by atoms with Crippen LogP contribution in [0.25, 0.3) is 0 Å². The van der Waals surface area contributed by atoms with Crippen molar-refractivity contribution in [3.05, 3.63) is 12.4 Å². The monoisotopic (exact) mass is 196 g/mol. The van der Waals surface area contributed by atoms with E-state index < -0.39 is 0 Å². The van der Waals surface area contributed by atoms with Crippen LogP contribution in [-0.2, 0) is 0 Å². The third kappa shape index (κ3) is 3.18. The number of nitrogens with one attached hydrogen (secondary N) is 1. The summed E-state index contributed by atoms with van der Waals surface area (Å²) in [5.74, 6) is 1.22. The fourth-order valence-corrected chi connectivity index (χ4v) is 0.946. The summed E-state index contributed by atoms with van der Waals surface area (Å²) in [5.41, 5.74) is 5.47. The molecule has 0 amide bonds. The fraction of sp³-hybridized carbons (Fsp3) is 0.556. The lowest BCUT2D eigenvalue weighted by Gasteiger charge is -2.11. The van der Waals surface area contributed by atoms with E-state index in [0.29, 0.717) is 24.8 Å². The number of nitrogens with two attached hydrogens (primary N) is 1. The van der Waals surface area contributed by atoms with E-state index in [-0.39, 0.29) is 6.04 Å². The first-order valence-corrected chi connectivity index (χ1v) is 4.67. The van der Waals surface area contributed by atoms with Gasteiger partial charge in [0, 0.05) is 12.6 Å². The second kappa shape index (κ2) is 5.39. The molecule has 0 aliphatic carbocycles. The highest BCUT2D eigenvalue weighted by Gasteiger charge is 2.02. The first-order valence-electron chi connectivity index (χ1n) is 4.67. The molecular formula is C9H16N4O. The van der Waals surface area contributed by atoms with Gasteiger partial charge >= 0.3 is 0 Å². The molecule has 0 spiro atoms. The van der Waals surface area contributed by atoms with Crippen molar-refractivity contribution in [2.45, 2.75) is 19.9 Å². The predicted octanol–water partition coefficient (Wildman–Crippen LogP) is 0.634. The van der Waals surface area contributed by atoms with Gasteiger partial charge in [0.2, 0.25) is 5.88 Å². The largest absolute Gasteiger partial charge is 0.477 e. The first-order chi connectivity index (χ1) is 6.76. The van der Waals surface area contributed by atoms with Crippen molar-refractivity contribution in [2.75, 3.05) is 18.5 Å². The van der Waals surface area contributed by atoms with Gasteiger partial charge in [-0.2, -0.15) is 4.98 Å². The van der Waals surface area contributed by atoms with Gasteiger partial charge in [0.15, 0.2) is 0 Å². The van der Waals surface area contributed by atoms with E-state index in [1.165, 1.54) is 0 Å². The molecule has 1 heterocycles. The van der Waals surface area contributed by atoms with Gasteiger partial charge in [0.05, 0.1) is 19.0 Å². The minimum Gasteiger partial charge on any atom is -0.477 e. The maximum absolute atomic E-state index is 5.47. The average molecular weight is 196 g/mol. The molecule has 3 N–H and O–H groups in total. The normalized spacial score (nSPS) is 12.2. The Hall–Kier alpha value is -1.36. The van der Waals surface area contributed by atoms with Crippen LogP contribution < -0.4 is 15.8 Å². The fourth-order valence-electron chi connectivity index (χ4n) is 0.946. The zero-order valence-corrected chi connectivity index (χ0v) is 8.53. The van der Waals surface area contributed by atoms with Crippen molar-refractivity contribution in [3.63, 3.8) is 0 Å². The van der Waals surface area contributed by atoms with Crippen molar-refractivity contribution in [1.29, 1.82) is 0 Å². The van der Waals surface area contributed by atoms with Gasteiger partial charge in [-0.1, -0.05) is 0 Å². The second-order valence-corrected chi connectivity index (χ2v) is 2.96. The zero-order valence-electron chi connectivity index (χ0n) is 8.53. The Morgan fingerprint density at radius 2 is 2.36 bits per heavy atom. The second-order valence-electron chi connectivity index (χ2n) is 2.96. The van der Waals surface area contributed by atoms with Gasteiger partial charge in [0.25, 0.3) is 0 Å². The van der Waals surface area contributed by atoms with Crippen molar-refractivity contribution in [3.8, 4) is 5.88 Å². The van der Waals surface area contributed by atoms with Gasteiger partial charge < -0.3 is 15.8 Å². The Kier molecular flexibility index (Phi) is 4.12. The number of hydrogen-bond donors (Lipinski definition) is 2. The van der Waals surface area contributed by atoms with Crippen LogP contribution in [0.15, 0.2) is 12.4 Å². The van der Waals surface area contributed by atoms with Crippen molar-refractivity contribution in [1.82, 2.24) is 9.97 Å². The smallest absolute Gasteiger partial charge is 0.234 e. The van der Waals surface area contributed by atoms with Gasteiger partial charge in [-0.05, 0) is 13.8 Å². The molecule has 0 aliphatic rings. The summed E-state index contributed by atoms with van der Waals surface area (Å²) in [6.45, 7) is 5.03. The number of ether oxygens (including phenoxy) is 1. The molecule has 1 unspecified atom stereocenters. The number of anilines is 1. The van der Waals surface area contributed by atoms with Crippen LogP contribution in [0.5, 0.6) is 5.88 Å². The third-order valence-corrected chi connectivity index (χ3v) is 1.65. The Morgan fingerprint density at radius 1 is 1.57 bits per heavy atom. The van der Waals surface area contributed by atoms with E-state index in [4.69, 9.17) is 10.5 Å². The maximum Gasteiger partial charge on any atom is 0.234 e. The lowest BCUT2D eigenvalue weighted by molar-refractivity contribution is 0.325. The molecule has 5 heteroatoms. The summed E-state index contributed by atoms with van der Waals surface area (Å²) in [4.78, 5) is 8.20. The highest BCUT2D eigenvalue weighted by molar-refractivity contribution is 5.34. The van der Waals surface area contributed by atoms with Crippen molar-refractivity contribution in [2.24, 2.45) is 5.73 Å². The average Bonchev–Trinajstić information content (AvgIpc) is 2.19. The molecule has 0 saturated carbocycles. The molecule has 1 rings (SSSR count). The number of aromatic nitrogens is 2. The lowest BCUT2D eigenvalue weighted by Crippen LogP contribution is -2.25. The van der Waals surface area contributed by atoms with E-state index in [1.807, 2.05) is 13.8 Å². The molecule has 0 radical (unpaired) electrons. The molecule has 0 fully saturated rings. The quantitative estimate of drug-likeness (QED) is 0.722. The summed E-state index contributed by atoms with van der Waals surface area (Å²) < 4.78 is 5.22. The van der Waals surface area contributed by atoms with E-state index in [1.54, 1.807) is 12.4 Å². The summed E-state index contributed by atoms with van der Waals surface area (Å²) in [6.07, 6.45) is 3.23. The molecule has 0 aliphatic heterocycles. The Balaban J connectivity index is 2.63.